The molecule has 4 N–H and O–H groups in total. The van der Waals surface area contributed by atoms with Crippen LogP contribution in [0.4, 0.5) is 0 Å². The van der Waals surface area contributed by atoms with E-state index in [4.69, 9.17) is 0 Å². The van der Waals surface area contributed by atoms with Crippen molar-refractivity contribution in [1.29, 1.82) is 0 Å². The largest absolute Gasteiger partial charge is 0.452 e. The first-order valence-corrected chi connectivity index (χ1v) is 9.61. The fourth-order valence-electron chi connectivity index (χ4n) is 2.89. The Morgan fingerprint density at radius 1 is 1.03 bits per heavy atom. The predicted octanol–water partition coefficient (Wildman–Crippen LogP) is 1.33. The highest BCUT2D eigenvalue weighted by Gasteiger charge is 2.28. The number of nitrogens with one attached hydrogen (secondary N) is 2. The fourth-order valence-corrected chi connectivity index (χ4v) is 2.89. The highest BCUT2D eigenvalue weighted by atomic mass is 16.3. The second-order valence-electron chi connectivity index (χ2n) is 7.36. The molecule has 0 aliphatic carbocycles. The van der Waals surface area contributed by atoms with Crippen LogP contribution in [-0.4, -0.2) is 52.5 Å². The van der Waals surface area contributed by atoms with Gasteiger partial charge in [-0.1, -0.05) is 50.2 Å². The van der Waals surface area contributed by atoms with Crippen LogP contribution >= 0.6 is 0 Å². The van der Waals surface area contributed by atoms with E-state index in [1.54, 1.807) is 18.2 Å². The predicted molar refractivity (Wildman–Crippen MR) is 112 cm³/mol. The van der Waals surface area contributed by atoms with Crippen LogP contribution in [0.15, 0.2) is 48.5 Å². The zero-order valence-corrected chi connectivity index (χ0v) is 16.9. The number of aromatic nitrogens is 1. The number of nitrogens with zero attached hydrogens (tertiary/aromatic N) is 1. The van der Waals surface area contributed by atoms with Gasteiger partial charge in [0, 0.05) is 11.5 Å². The molecular formula is C21H27BN3O4. The van der Waals surface area contributed by atoms with Crippen molar-refractivity contribution >= 4 is 19.3 Å². The number of rotatable bonds is 9. The maximum Gasteiger partial charge on any atom is 0.311 e. The average molecular weight is 396 g/mol. The Morgan fingerprint density at radius 3 is 2.31 bits per heavy atom. The summed E-state index contributed by atoms with van der Waals surface area (Å²) in [6.07, 6.45) is -0.599. The van der Waals surface area contributed by atoms with Gasteiger partial charge in [0.25, 0.3) is 5.91 Å². The first kappa shape index (κ1) is 22.6. The topological polar surface area (TPSA) is 112 Å². The van der Waals surface area contributed by atoms with Crippen molar-refractivity contribution in [3.8, 4) is 11.3 Å². The van der Waals surface area contributed by atoms with Gasteiger partial charge in [-0.25, -0.2) is 4.98 Å². The lowest BCUT2D eigenvalue weighted by Gasteiger charge is -2.24. The minimum Gasteiger partial charge on any atom is -0.452 e. The molecule has 0 aliphatic heterocycles. The molecule has 2 rings (SSSR count). The van der Waals surface area contributed by atoms with Crippen LogP contribution in [0.3, 0.4) is 0 Å². The standard InChI is InChI=1S/C21H27BN3O4/c1-13(2)12-18(22-29)24-21(28)19(14(3)26)25-20(27)17-11-7-10-16(23-17)15-8-5-4-6-9-15/h4-11,13-14,18-19,26,29H,12H2,1-3H3,(H,24,28)(H,25,27)/t14-,18+,19+/m1/s1. The van der Waals surface area contributed by atoms with Gasteiger partial charge in [-0.05, 0) is 31.4 Å². The number of carbonyl (C=O) groups excluding carboxylic acids is 2. The molecule has 153 valence electrons. The van der Waals surface area contributed by atoms with Gasteiger partial charge in [-0.15, -0.1) is 0 Å². The summed E-state index contributed by atoms with van der Waals surface area (Å²) in [4.78, 5) is 29.6. The highest BCUT2D eigenvalue weighted by Crippen LogP contribution is 2.16. The number of pyridine rings is 1. The summed E-state index contributed by atoms with van der Waals surface area (Å²) in [5.41, 5.74) is 1.63. The molecule has 0 bridgehead atoms. The van der Waals surface area contributed by atoms with Gasteiger partial charge < -0.3 is 20.8 Å². The Hall–Kier alpha value is -2.71. The highest BCUT2D eigenvalue weighted by molar-refractivity contribution is 6.28. The van der Waals surface area contributed by atoms with E-state index in [2.05, 4.69) is 15.6 Å². The smallest absolute Gasteiger partial charge is 0.311 e. The minimum absolute atomic E-state index is 0.136. The molecule has 3 atom stereocenters. The van der Waals surface area contributed by atoms with Crippen LogP contribution in [-0.2, 0) is 4.79 Å². The molecule has 29 heavy (non-hydrogen) atoms. The molecule has 7 nitrogen and oxygen atoms in total. The monoisotopic (exact) mass is 396 g/mol. The van der Waals surface area contributed by atoms with Crippen molar-refractivity contribution in [3.05, 3.63) is 54.2 Å². The van der Waals surface area contributed by atoms with Crippen LogP contribution in [0.1, 0.15) is 37.7 Å². The maximum absolute atomic E-state index is 12.7. The first-order valence-electron chi connectivity index (χ1n) is 9.61. The fraction of sp³-hybridized carbons (Fsp3) is 0.381. The Morgan fingerprint density at radius 2 is 1.72 bits per heavy atom. The third-order valence-corrected chi connectivity index (χ3v) is 4.34. The molecule has 1 heterocycles. The number of hydrogen-bond donors (Lipinski definition) is 4. The van der Waals surface area contributed by atoms with Gasteiger partial charge in [0.05, 0.1) is 11.8 Å². The summed E-state index contributed by atoms with van der Waals surface area (Å²) >= 11 is 0. The lowest BCUT2D eigenvalue weighted by molar-refractivity contribution is -0.125. The summed E-state index contributed by atoms with van der Waals surface area (Å²) in [5.74, 6) is -1.48. The van der Waals surface area contributed by atoms with E-state index in [1.807, 2.05) is 44.2 Å². The third-order valence-electron chi connectivity index (χ3n) is 4.34. The molecule has 0 fully saturated rings. The molecule has 0 saturated heterocycles. The van der Waals surface area contributed by atoms with Gasteiger partial charge in [-0.2, -0.15) is 0 Å². The van der Waals surface area contributed by atoms with Gasteiger partial charge in [0.2, 0.25) is 5.91 Å². The summed E-state index contributed by atoms with van der Waals surface area (Å²) < 4.78 is 0. The second kappa shape index (κ2) is 10.7. The number of benzene rings is 1. The SMILES string of the molecule is CC(C)C[C@@H]([B]O)NC(=O)[C@@H](NC(=O)c1cccc(-c2ccccc2)n1)[C@@H](C)O. The number of aliphatic hydroxyl groups excluding tert-OH is 1. The van der Waals surface area contributed by atoms with E-state index in [0.29, 0.717) is 12.1 Å². The van der Waals surface area contributed by atoms with Gasteiger partial charge in [0.15, 0.2) is 0 Å². The molecule has 0 unspecified atom stereocenters. The van der Waals surface area contributed by atoms with Crippen molar-refractivity contribution in [2.45, 2.75) is 45.3 Å². The Kier molecular flexibility index (Phi) is 8.36. The molecule has 0 spiro atoms. The number of amides is 2. The van der Waals surface area contributed by atoms with E-state index in [0.717, 1.165) is 13.0 Å². The molecule has 0 aliphatic rings. The first-order chi connectivity index (χ1) is 13.8. The van der Waals surface area contributed by atoms with Gasteiger partial charge in [-0.3, -0.25) is 9.59 Å². The molecule has 2 amide bonds. The molecule has 1 radical (unpaired) electrons. The summed E-state index contributed by atoms with van der Waals surface area (Å²) in [6.45, 7) is 5.34. The Balaban J connectivity index is 2.12. The lowest BCUT2D eigenvalue weighted by Crippen LogP contribution is -2.55. The van der Waals surface area contributed by atoms with E-state index in [1.165, 1.54) is 6.92 Å². The van der Waals surface area contributed by atoms with Crippen LogP contribution in [0.25, 0.3) is 11.3 Å². The zero-order chi connectivity index (χ0) is 21.4. The summed E-state index contributed by atoms with van der Waals surface area (Å²) in [7, 11) is 0.906. The van der Waals surface area contributed by atoms with Crippen molar-refractivity contribution in [3.63, 3.8) is 0 Å². The molecule has 8 heteroatoms. The third kappa shape index (κ3) is 6.69. The van der Waals surface area contributed by atoms with E-state index in [9.17, 15) is 19.7 Å². The van der Waals surface area contributed by atoms with E-state index < -0.39 is 29.9 Å². The molecule has 2 aromatic rings. The summed E-state index contributed by atoms with van der Waals surface area (Å²) in [6, 6.07) is 13.3. The molecule has 1 aromatic heterocycles. The second-order valence-corrected chi connectivity index (χ2v) is 7.36. The van der Waals surface area contributed by atoms with Crippen molar-refractivity contribution in [2.75, 3.05) is 0 Å². The number of hydrogen-bond acceptors (Lipinski definition) is 5. The Labute approximate surface area is 171 Å². The van der Waals surface area contributed by atoms with Crippen LogP contribution in [0.5, 0.6) is 0 Å². The van der Waals surface area contributed by atoms with Crippen LogP contribution < -0.4 is 10.6 Å². The van der Waals surface area contributed by atoms with E-state index >= 15 is 0 Å². The maximum atomic E-state index is 12.7. The molecule has 0 saturated carbocycles. The zero-order valence-electron chi connectivity index (χ0n) is 16.9. The normalized spacial score (nSPS) is 14.0. The quantitative estimate of drug-likeness (QED) is 0.478. The van der Waals surface area contributed by atoms with Crippen molar-refractivity contribution in [1.82, 2.24) is 15.6 Å². The van der Waals surface area contributed by atoms with Gasteiger partial charge >= 0.3 is 7.48 Å². The van der Waals surface area contributed by atoms with Crippen molar-refractivity contribution < 1.29 is 19.7 Å². The average Bonchev–Trinajstić information content (AvgIpc) is 2.71. The number of carbonyl (C=O) groups is 2. The van der Waals surface area contributed by atoms with Gasteiger partial charge in [0.1, 0.15) is 11.7 Å². The molecule has 1 aromatic carbocycles. The van der Waals surface area contributed by atoms with Crippen LogP contribution in [0.2, 0.25) is 0 Å². The molecular weight excluding hydrogens is 369 g/mol. The van der Waals surface area contributed by atoms with Crippen molar-refractivity contribution in [2.24, 2.45) is 5.92 Å². The van der Waals surface area contributed by atoms with Crippen LogP contribution in [0, 0.1) is 5.92 Å². The Bertz CT molecular complexity index is 815. The summed E-state index contributed by atoms with van der Waals surface area (Å²) in [5, 5.41) is 24.5. The van der Waals surface area contributed by atoms with E-state index in [-0.39, 0.29) is 11.6 Å². The lowest BCUT2D eigenvalue weighted by atomic mass is 9.82. The minimum atomic E-state index is -1.18. The number of aliphatic hydroxyl groups is 1.